The van der Waals surface area contributed by atoms with Crippen molar-refractivity contribution in [1.82, 2.24) is 0 Å². The van der Waals surface area contributed by atoms with Gasteiger partial charge in [-0.15, -0.1) is 0 Å². The summed E-state index contributed by atoms with van der Waals surface area (Å²) in [5.74, 6) is -0.919. The highest BCUT2D eigenvalue weighted by atomic mass is 32.2. The summed E-state index contributed by atoms with van der Waals surface area (Å²) < 4.78 is 17.6. The average Bonchev–Trinajstić information content (AvgIpc) is 2.74. The largest absolute Gasteiger partial charge is 0.462 e. The number of carbonyl (C=O) groups excluding carboxylic acids is 3. The molecule has 0 heterocycles. The van der Waals surface area contributed by atoms with Crippen LogP contribution in [0.3, 0.4) is 0 Å². The van der Waals surface area contributed by atoms with Gasteiger partial charge in [0.2, 0.25) is 10.2 Å². The van der Waals surface area contributed by atoms with E-state index in [1.165, 1.54) is 31.2 Å². The summed E-state index contributed by atoms with van der Waals surface area (Å²) in [6.45, 7) is 2.93. The second kappa shape index (κ2) is 9.57. The molecule has 1 N–H and O–H groups in total. The first-order chi connectivity index (χ1) is 13.8. The number of carbonyl (C=O) groups is 3. The molecule has 0 aliphatic heterocycles. The lowest BCUT2D eigenvalue weighted by Crippen LogP contribution is -2.23. The third kappa shape index (κ3) is 4.83. The molecule has 0 spiro atoms. The number of nitrogens with one attached hydrogen (secondary N) is 1. The normalized spacial score (nSPS) is 11.6. The van der Waals surface area contributed by atoms with Crippen LogP contribution >= 0.6 is 0 Å². The lowest BCUT2D eigenvalue weighted by atomic mass is 10.2. The van der Waals surface area contributed by atoms with Crippen molar-refractivity contribution in [1.29, 1.82) is 10.0 Å². The monoisotopic (exact) mass is 409 g/mol. The molecule has 0 saturated heterocycles. The van der Waals surface area contributed by atoms with E-state index in [1.807, 2.05) is 0 Å². The van der Waals surface area contributed by atoms with Gasteiger partial charge in [0.05, 0.1) is 21.9 Å². The Balaban J connectivity index is 2.74. The first kappa shape index (κ1) is 21.7. The number of ether oxygens (including phenoxy) is 1. The summed E-state index contributed by atoms with van der Waals surface area (Å²) in [5.41, 5.74) is -0.344. The van der Waals surface area contributed by atoms with Gasteiger partial charge in [-0.25, -0.2) is 9.16 Å². The Morgan fingerprint density at radius 3 is 1.83 bits per heavy atom. The van der Waals surface area contributed by atoms with Crippen LogP contribution in [0.15, 0.2) is 76.3 Å². The van der Waals surface area contributed by atoms with Crippen molar-refractivity contribution in [3.8, 4) is 6.07 Å². The summed E-state index contributed by atoms with van der Waals surface area (Å²) in [5, 5.41) is 7.74. The molecule has 2 aromatic carbocycles. The molecule has 0 radical (unpaired) electrons. The standard InChI is InChI=1S/C21H19N3O4S/c1-3-28-19(25)18(14-22)15(2)24-29(23,20(26)16-10-6-4-7-11-16)21(27)17-12-8-5-9-13-17/h4-13,23H,3H2,1-2H3/b18-15-. The van der Waals surface area contributed by atoms with Crippen molar-refractivity contribution < 1.29 is 19.1 Å². The minimum atomic E-state index is -3.72. The molecular weight excluding hydrogens is 390 g/mol. The predicted molar refractivity (Wildman–Crippen MR) is 109 cm³/mol. The van der Waals surface area contributed by atoms with E-state index in [9.17, 15) is 19.6 Å². The van der Waals surface area contributed by atoms with Crippen LogP contribution in [-0.4, -0.2) is 22.8 Å². The van der Waals surface area contributed by atoms with Gasteiger partial charge in [-0.3, -0.25) is 14.4 Å². The Morgan fingerprint density at radius 1 is 1.00 bits per heavy atom. The third-order valence-electron chi connectivity index (χ3n) is 3.78. The van der Waals surface area contributed by atoms with Gasteiger partial charge in [-0.1, -0.05) is 60.7 Å². The molecule has 8 heteroatoms. The van der Waals surface area contributed by atoms with Gasteiger partial charge in [0.15, 0.2) is 5.57 Å². The average molecular weight is 409 g/mol. The topological polar surface area (TPSA) is 120 Å². The number of nitriles is 1. The van der Waals surface area contributed by atoms with Crippen LogP contribution in [0.2, 0.25) is 0 Å². The summed E-state index contributed by atoms with van der Waals surface area (Å²) in [7, 11) is -3.72. The Kier molecular flexibility index (Phi) is 7.17. The maximum Gasteiger partial charge on any atom is 0.350 e. The highest BCUT2D eigenvalue weighted by Crippen LogP contribution is 2.20. The fraction of sp³-hybridized carbons (Fsp3) is 0.143. The molecule has 0 fully saturated rings. The van der Waals surface area contributed by atoms with Crippen LogP contribution in [0.4, 0.5) is 0 Å². The van der Waals surface area contributed by atoms with Gasteiger partial charge in [0, 0.05) is 11.1 Å². The minimum Gasteiger partial charge on any atom is -0.462 e. The fourth-order valence-corrected chi connectivity index (χ4v) is 4.18. The maximum absolute atomic E-state index is 13.1. The van der Waals surface area contributed by atoms with Crippen LogP contribution < -0.4 is 0 Å². The van der Waals surface area contributed by atoms with Crippen LogP contribution in [-0.2, 0) is 19.2 Å². The van der Waals surface area contributed by atoms with Gasteiger partial charge in [-0.05, 0) is 13.8 Å². The van der Waals surface area contributed by atoms with E-state index in [-0.39, 0.29) is 23.4 Å². The van der Waals surface area contributed by atoms with Gasteiger partial charge < -0.3 is 4.74 Å². The predicted octanol–water partition coefficient (Wildman–Crippen LogP) is 4.13. The molecule has 0 unspecified atom stereocenters. The highest BCUT2D eigenvalue weighted by Gasteiger charge is 2.28. The molecular formula is C21H19N3O4S. The summed E-state index contributed by atoms with van der Waals surface area (Å²) in [6, 6.07) is 17.5. The van der Waals surface area contributed by atoms with Crippen molar-refractivity contribution in [3.05, 3.63) is 83.1 Å². The second-order valence-corrected chi connectivity index (χ2v) is 7.86. The number of hydrogen-bond acceptors (Lipinski definition) is 7. The van der Waals surface area contributed by atoms with Gasteiger partial charge in [0.1, 0.15) is 6.07 Å². The molecule has 0 bridgehead atoms. The van der Waals surface area contributed by atoms with E-state index in [2.05, 4.69) is 4.36 Å². The first-order valence-electron chi connectivity index (χ1n) is 8.63. The molecule has 148 valence electrons. The Labute approximate surface area is 169 Å². The molecule has 0 saturated carbocycles. The van der Waals surface area contributed by atoms with Gasteiger partial charge in [-0.2, -0.15) is 5.26 Å². The lowest BCUT2D eigenvalue weighted by molar-refractivity contribution is -0.138. The Bertz CT molecular complexity index is 1070. The van der Waals surface area contributed by atoms with E-state index < -0.39 is 31.4 Å². The van der Waals surface area contributed by atoms with Crippen molar-refractivity contribution in [2.75, 3.05) is 6.61 Å². The first-order valence-corrected chi connectivity index (χ1v) is 10.2. The van der Waals surface area contributed by atoms with Crippen LogP contribution in [0.5, 0.6) is 0 Å². The van der Waals surface area contributed by atoms with Gasteiger partial charge in [0.25, 0.3) is 0 Å². The number of allylic oxidation sites excluding steroid dienone is 1. The molecule has 0 aliphatic carbocycles. The maximum atomic E-state index is 13.1. The zero-order chi connectivity index (χ0) is 21.4. The lowest BCUT2D eigenvalue weighted by Gasteiger charge is -2.12. The van der Waals surface area contributed by atoms with E-state index in [4.69, 9.17) is 9.52 Å². The van der Waals surface area contributed by atoms with E-state index in [0.717, 1.165) is 0 Å². The molecule has 2 rings (SSSR count). The molecule has 0 aliphatic rings. The van der Waals surface area contributed by atoms with Gasteiger partial charge >= 0.3 is 5.97 Å². The van der Waals surface area contributed by atoms with Crippen LogP contribution in [0.25, 0.3) is 0 Å². The van der Waals surface area contributed by atoms with Crippen LogP contribution in [0.1, 0.15) is 34.6 Å². The molecule has 29 heavy (non-hydrogen) atoms. The fourth-order valence-electron chi connectivity index (χ4n) is 2.39. The third-order valence-corrected chi connectivity index (χ3v) is 5.87. The van der Waals surface area contributed by atoms with Crippen molar-refractivity contribution in [2.45, 2.75) is 13.8 Å². The molecule has 2 aromatic rings. The molecule has 0 amide bonds. The molecule has 7 nitrogen and oxygen atoms in total. The van der Waals surface area contributed by atoms with E-state index in [0.29, 0.717) is 0 Å². The number of rotatable bonds is 5. The quantitative estimate of drug-likeness (QED) is 0.452. The summed E-state index contributed by atoms with van der Waals surface area (Å²) in [6.07, 6.45) is 0. The zero-order valence-electron chi connectivity index (χ0n) is 15.9. The number of hydrogen-bond donors (Lipinski definition) is 1. The summed E-state index contributed by atoms with van der Waals surface area (Å²) >= 11 is 0. The minimum absolute atomic E-state index is 0.0437. The Hall–Kier alpha value is -3.57. The zero-order valence-corrected chi connectivity index (χ0v) is 16.7. The molecule has 0 aromatic heterocycles. The summed E-state index contributed by atoms with van der Waals surface area (Å²) in [4.78, 5) is 38.3. The Morgan fingerprint density at radius 2 is 1.45 bits per heavy atom. The highest BCUT2D eigenvalue weighted by molar-refractivity contribution is 8.22. The van der Waals surface area contributed by atoms with Crippen LogP contribution in [0, 0.1) is 16.1 Å². The van der Waals surface area contributed by atoms with E-state index >= 15 is 0 Å². The van der Waals surface area contributed by atoms with E-state index in [1.54, 1.807) is 49.4 Å². The number of esters is 1. The van der Waals surface area contributed by atoms with Crippen molar-refractivity contribution >= 4 is 25.8 Å². The van der Waals surface area contributed by atoms with Crippen molar-refractivity contribution in [2.24, 2.45) is 4.36 Å². The SMILES string of the molecule is CCOC(=O)/C(C#N)=C(/C)N=S(=N)(C(=O)c1ccccc1)C(=O)c1ccccc1. The number of nitrogens with zero attached hydrogens (tertiary/aromatic N) is 2. The number of benzene rings is 2. The van der Waals surface area contributed by atoms with Crippen molar-refractivity contribution in [3.63, 3.8) is 0 Å². The smallest absolute Gasteiger partial charge is 0.350 e. The molecule has 0 atom stereocenters. The second-order valence-electron chi connectivity index (χ2n) is 5.77.